The Morgan fingerprint density at radius 3 is 2.56 bits per heavy atom. The minimum Gasteiger partial charge on any atom is -0.472 e. The Balaban J connectivity index is 1.68. The molecule has 0 radical (unpaired) electrons. The summed E-state index contributed by atoms with van der Waals surface area (Å²) in [6, 6.07) is 1.79. The summed E-state index contributed by atoms with van der Waals surface area (Å²) in [4.78, 5) is 39.3. The normalized spacial score (nSPS) is 41.9. The highest BCUT2D eigenvalue weighted by atomic mass is 16.6. The average Bonchev–Trinajstić information content (AvgIpc) is 3.46. The van der Waals surface area contributed by atoms with Gasteiger partial charge in [-0.25, -0.2) is 0 Å². The maximum atomic E-state index is 13.3. The molecule has 0 aromatic carbocycles. The number of esters is 3. The predicted octanol–water partition coefficient (Wildman–Crippen LogP) is 4.92. The van der Waals surface area contributed by atoms with Crippen LogP contribution in [0, 0.1) is 34.0 Å². The van der Waals surface area contributed by atoms with Crippen molar-refractivity contribution < 1.29 is 42.9 Å². The third-order valence-electron chi connectivity index (χ3n) is 11.5. The molecular formula is C32H44O9. The number of aliphatic hydroxyl groups is 1. The number of cyclic esters (lactones) is 1. The molecule has 9 nitrogen and oxygen atoms in total. The molecule has 4 aliphatic rings. The summed E-state index contributed by atoms with van der Waals surface area (Å²) in [7, 11) is 1.35. The Bertz CT molecular complexity index is 1220. The van der Waals surface area contributed by atoms with E-state index in [1.165, 1.54) is 7.11 Å². The number of hydrogen-bond acceptors (Lipinski definition) is 9. The summed E-state index contributed by atoms with van der Waals surface area (Å²) >= 11 is 0. The van der Waals surface area contributed by atoms with Gasteiger partial charge >= 0.3 is 17.9 Å². The average molecular weight is 573 g/mol. The number of hydrogen-bond donors (Lipinski definition) is 1. The van der Waals surface area contributed by atoms with Crippen LogP contribution in [0.4, 0.5) is 0 Å². The zero-order chi connectivity index (χ0) is 30.1. The molecule has 2 aliphatic carbocycles. The van der Waals surface area contributed by atoms with Crippen molar-refractivity contribution in [1.82, 2.24) is 0 Å². The standard InChI is InChI=1S/C32H44O9/c1-9-17(2)28(36)40-24-25(35)29(4,5)21(14-22(33)37-8)31(7)20-10-12-30(6)26(19-11-13-38-16-19)39-23(34)15-32(30,18(20)3)41-27(24)31/h11,13,16-17,20-21,24-27,35H,3,9-10,12,14-15H2,1-2,4-8H3/t17-,20+,21+,24+,25+,26+,27+,30+,31-,32+/m1/s1. The molecule has 10 atom stereocenters. The van der Waals surface area contributed by atoms with Gasteiger partial charge in [0.05, 0.1) is 38.1 Å². The fourth-order valence-corrected chi connectivity index (χ4v) is 8.71. The van der Waals surface area contributed by atoms with Gasteiger partial charge in [-0.15, -0.1) is 0 Å². The van der Waals surface area contributed by atoms with Crippen molar-refractivity contribution in [3.05, 3.63) is 36.3 Å². The van der Waals surface area contributed by atoms with Crippen LogP contribution in [-0.4, -0.2) is 54.0 Å². The molecule has 0 amide bonds. The molecule has 9 heteroatoms. The Morgan fingerprint density at radius 1 is 1.24 bits per heavy atom. The molecule has 4 fully saturated rings. The van der Waals surface area contributed by atoms with Crippen LogP contribution < -0.4 is 0 Å². The Hall–Kier alpha value is -2.65. The first kappa shape index (κ1) is 29.8. The Morgan fingerprint density at radius 2 is 1.95 bits per heavy atom. The number of aliphatic hydroxyl groups excluding tert-OH is 1. The van der Waals surface area contributed by atoms with Gasteiger partial charge in [0.25, 0.3) is 0 Å². The fourth-order valence-electron chi connectivity index (χ4n) is 8.71. The fraction of sp³-hybridized carbons (Fsp3) is 0.719. The van der Waals surface area contributed by atoms with Gasteiger partial charge in [-0.3, -0.25) is 14.4 Å². The van der Waals surface area contributed by atoms with Gasteiger partial charge in [-0.1, -0.05) is 48.1 Å². The summed E-state index contributed by atoms with van der Waals surface area (Å²) in [6.45, 7) is 16.2. The lowest BCUT2D eigenvalue weighted by molar-refractivity contribution is -0.339. The molecule has 226 valence electrons. The minimum absolute atomic E-state index is 0.0487. The van der Waals surface area contributed by atoms with Crippen LogP contribution in [0.1, 0.15) is 85.3 Å². The second-order valence-corrected chi connectivity index (χ2v) is 13.7. The molecule has 2 saturated carbocycles. The van der Waals surface area contributed by atoms with E-state index in [-0.39, 0.29) is 24.7 Å². The number of carbonyl (C=O) groups is 3. The van der Waals surface area contributed by atoms with E-state index >= 15 is 0 Å². The van der Waals surface area contributed by atoms with Crippen LogP contribution in [0.25, 0.3) is 0 Å². The number of rotatable bonds is 6. The van der Waals surface area contributed by atoms with Crippen LogP contribution in [0.3, 0.4) is 0 Å². The van der Waals surface area contributed by atoms with Crippen LogP contribution in [0.15, 0.2) is 35.2 Å². The number of furan rings is 1. The highest BCUT2D eigenvalue weighted by molar-refractivity contribution is 5.75. The lowest BCUT2D eigenvalue weighted by atomic mass is 9.41. The smallest absolute Gasteiger partial charge is 0.309 e. The van der Waals surface area contributed by atoms with E-state index in [2.05, 4.69) is 20.4 Å². The molecule has 1 aromatic heterocycles. The second-order valence-electron chi connectivity index (χ2n) is 13.7. The molecule has 5 rings (SSSR count). The van der Waals surface area contributed by atoms with Crippen molar-refractivity contribution in [1.29, 1.82) is 0 Å². The second kappa shape index (κ2) is 9.97. The summed E-state index contributed by atoms with van der Waals surface area (Å²) in [6.07, 6.45) is 1.45. The summed E-state index contributed by atoms with van der Waals surface area (Å²) in [5.74, 6) is -2.19. The van der Waals surface area contributed by atoms with Crippen molar-refractivity contribution in [3.63, 3.8) is 0 Å². The van der Waals surface area contributed by atoms with E-state index in [1.54, 1.807) is 25.5 Å². The maximum absolute atomic E-state index is 13.3. The lowest BCUT2D eigenvalue weighted by Crippen LogP contribution is -2.76. The van der Waals surface area contributed by atoms with Crippen LogP contribution in [-0.2, 0) is 33.3 Å². The van der Waals surface area contributed by atoms with Crippen molar-refractivity contribution in [2.75, 3.05) is 7.11 Å². The van der Waals surface area contributed by atoms with E-state index in [0.29, 0.717) is 19.3 Å². The molecule has 2 bridgehead atoms. The molecule has 1 aromatic rings. The predicted molar refractivity (Wildman–Crippen MR) is 147 cm³/mol. The van der Waals surface area contributed by atoms with Gasteiger partial charge < -0.3 is 28.5 Å². The molecule has 0 unspecified atom stereocenters. The van der Waals surface area contributed by atoms with E-state index in [0.717, 1.165) is 11.1 Å². The van der Waals surface area contributed by atoms with E-state index in [1.807, 2.05) is 20.8 Å². The number of methoxy groups -OCH3 is 1. The van der Waals surface area contributed by atoms with Crippen molar-refractivity contribution in [3.8, 4) is 0 Å². The monoisotopic (exact) mass is 572 g/mol. The highest BCUT2D eigenvalue weighted by Crippen LogP contribution is 2.72. The topological polar surface area (TPSA) is 122 Å². The first-order chi connectivity index (χ1) is 19.2. The van der Waals surface area contributed by atoms with E-state index in [9.17, 15) is 19.5 Å². The van der Waals surface area contributed by atoms with Gasteiger partial charge in [-0.2, -0.15) is 0 Å². The Kier molecular flexibility index (Phi) is 7.25. The summed E-state index contributed by atoms with van der Waals surface area (Å²) in [5, 5.41) is 11.9. The van der Waals surface area contributed by atoms with Crippen molar-refractivity contribution in [2.45, 2.75) is 104 Å². The molecule has 1 spiro atoms. The number of carbonyl (C=O) groups excluding carboxylic acids is 3. The first-order valence-corrected chi connectivity index (χ1v) is 14.7. The minimum atomic E-state index is -1.14. The SMILES string of the molecule is C=C1[C@@H]2CC[C@@]3(C)[C@H](c4ccoc4)OC(=O)C[C@]13O[C@H]1[C@@H](OC(=O)[C@H](C)CC)[C@H](O)C(C)(C)[C@H](CC(=O)OC)[C@@]21C. The summed E-state index contributed by atoms with van der Waals surface area (Å²) < 4.78 is 29.8. The van der Waals surface area contributed by atoms with Gasteiger partial charge in [0, 0.05) is 22.8 Å². The van der Waals surface area contributed by atoms with Gasteiger partial charge in [0.1, 0.15) is 17.8 Å². The third kappa shape index (κ3) is 4.05. The lowest BCUT2D eigenvalue weighted by Gasteiger charge is -2.71. The van der Waals surface area contributed by atoms with Gasteiger partial charge in [-0.05, 0) is 48.2 Å². The van der Waals surface area contributed by atoms with Gasteiger partial charge in [0.15, 0.2) is 6.10 Å². The van der Waals surface area contributed by atoms with Crippen molar-refractivity contribution in [2.24, 2.45) is 34.0 Å². The zero-order valence-corrected chi connectivity index (χ0v) is 25.2. The third-order valence-corrected chi connectivity index (χ3v) is 11.5. The largest absolute Gasteiger partial charge is 0.472 e. The molecule has 3 heterocycles. The molecule has 2 saturated heterocycles. The molecule has 1 N–H and O–H groups in total. The number of fused-ring (bicyclic) bond motifs is 3. The maximum Gasteiger partial charge on any atom is 0.309 e. The van der Waals surface area contributed by atoms with Crippen LogP contribution in [0.5, 0.6) is 0 Å². The van der Waals surface area contributed by atoms with Crippen LogP contribution in [0.2, 0.25) is 0 Å². The summed E-state index contributed by atoms with van der Waals surface area (Å²) in [5.41, 5.74) is -1.95. The number of ether oxygens (including phenoxy) is 4. The Labute approximate surface area is 241 Å². The van der Waals surface area contributed by atoms with E-state index in [4.69, 9.17) is 23.4 Å². The highest BCUT2D eigenvalue weighted by Gasteiger charge is 2.75. The van der Waals surface area contributed by atoms with Crippen molar-refractivity contribution >= 4 is 17.9 Å². The zero-order valence-electron chi connectivity index (χ0n) is 25.2. The molecule has 2 aliphatic heterocycles. The quantitative estimate of drug-likeness (QED) is 0.287. The molecular weight excluding hydrogens is 528 g/mol. The first-order valence-electron chi connectivity index (χ1n) is 14.7. The van der Waals surface area contributed by atoms with Crippen LogP contribution >= 0.6 is 0 Å². The van der Waals surface area contributed by atoms with Gasteiger partial charge in [0.2, 0.25) is 0 Å². The van der Waals surface area contributed by atoms with E-state index < -0.39 is 70.1 Å². The molecule has 41 heavy (non-hydrogen) atoms.